The Labute approximate surface area is 104 Å². The van der Waals surface area contributed by atoms with Crippen LogP contribution >= 0.6 is 11.6 Å². The molecule has 2 rings (SSSR count). The summed E-state index contributed by atoms with van der Waals surface area (Å²) >= 11 is 5.70. The van der Waals surface area contributed by atoms with Gasteiger partial charge in [-0.3, -0.25) is 0 Å². The molecular formula is C11H12ClN3O2. The predicted octanol–water partition coefficient (Wildman–Crippen LogP) is 1.97. The summed E-state index contributed by atoms with van der Waals surface area (Å²) in [5, 5.41) is 0.719. The molecule has 2 aromatic rings. The Bertz CT molecular complexity index is 560. The molecular weight excluding hydrogens is 242 g/mol. The number of nitrogen functional groups attached to an aromatic ring is 1. The third-order valence-electron chi connectivity index (χ3n) is 2.40. The third-order valence-corrected chi connectivity index (χ3v) is 2.64. The van der Waals surface area contributed by atoms with Crippen LogP contribution in [0.4, 0.5) is 5.82 Å². The molecule has 0 spiro atoms. The molecule has 5 nitrogen and oxygen atoms in total. The Kier molecular flexibility index (Phi) is 3.19. The van der Waals surface area contributed by atoms with E-state index in [2.05, 4.69) is 9.97 Å². The van der Waals surface area contributed by atoms with Crippen molar-refractivity contribution < 1.29 is 9.47 Å². The van der Waals surface area contributed by atoms with Crippen molar-refractivity contribution in [1.29, 1.82) is 0 Å². The van der Waals surface area contributed by atoms with Crippen LogP contribution in [0.1, 0.15) is 5.82 Å². The van der Waals surface area contributed by atoms with Crippen molar-refractivity contribution in [2.45, 2.75) is 5.88 Å². The number of anilines is 1. The van der Waals surface area contributed by atoms with Crippen LogP contribution in [0, 0.1) is 0 Å². The molecule has 1 heterocycles. The minimum atomic E-state index is 0.217. The number of halogens is 1. The van der Waals surface area contributed by atoms with Gasteiger partial charge in [0.05, 0.1) is 25.6 Å². The second-order valence-corrected chi connectivity index (χ2v) is 3.65. The van der Waals surface area contributed by atoms with Crippen LogP contribution in [-0.4, -0.2) is 24.2 Å². The number of nitrogens with two attached hydrogens (primary N) is 1. The molecule has 0 bridgehead atoms. The van der Waals surface area contributed by atoms with Crippen LogP contribution in [0.5, 0.6) is 11.5 Å². The van der Waals surface area contributed by atoms with Crippen molar-refractivity contribution in [3.8, 4) is 11.5 Å². The van der Waals surface area contributed by atoms with Crippen molar-refractivity contribution in [1.82, 2.24) is 9.97 Å². The highest BCUT2D eigenvalue weighted by Gasteiger charge is 2.10. The van der Waals surface area contributed by atoms with Crippen LogP contribution in [-0.2, 0) is 5.88 Å². The van der Waals surface area contributed by atoms with Crippen molar-refractivity contribution in [2.75, 3.05) is 20.0 Å². The molecule has 0 aliphatic carbocycles. The fourth-order valence-corrected chi connectivity index (χ4v) is 1.71. The Morgan fingerprint density at radius 3 is 2.41 bits per heavy atom. The van der Waals surface area contributed by atoms with E-state index in [1.165, 1.54) is 0 Å². The molecule has 1 aromatic carbocycles. The molecule has 0 aliphatic heterocycles. The number of nitrogens with zero attached hydrogens (tertiary/aromatic N) is 2. The largest absolute Gasteiger partial charge is 0.493 e. The average molecular weight is 254 g/mol. The highest BCUT2D eigenvalue weighted by atomic mass is 35.5. The number of ether oxygens (including phenoxy) is 2. The van der Waals surface area contributed by atoms with Crippen molar-refractivity contribution in [3.63, 3.8) is 0 Å². The van der Waals surface area contributed by atoms with E-state index in [1.54, 1.807) is 26.4 Å². The number of rotatable bonds is 3. The molecule has 0 amide bonds. The summed E-state index contributed by atoms with van der Waals surface area (Å²) in [5.74, 6) is 2.28. The van der Waals surface area contributed by atoms with Gasteiger partial charge in [0.2, 0.25) is 0 Å². The summed E-state index contributed by atoms with van der Waals surface area (Å²) in [5.41, 5.74) is 6.53. The summed E-state index contributed by atoms with van der Waals surface area (Å²) in [6.07, 6.45) is 0. The average Bonchev–Trinajstić information content (AvgIpc) is 2.36. The topological polar surface area (TPSA) is 70.3 Å². The third kappa shape index (κ3) is 2.06. The van der Waals surface area contributed by atoms with E-state index in [9.17, 15) is 0 Å². The minimum Gasteiger partial charge on any atom is -0.493 e. The van der Waals surface area contributed by atoms with Crippen LogP contribution in [0.2, 0.25) is 0 Å². The van der Waals surface area contributed by atoms with Gasteiger partial charge >= 0.3 is 0 Å². The summed E-state index contributed by atoms with van der Waals surface area (Å²) in [4.78, 5) is 8.37. The van der Waals surface area contributed by atoms with Crippen molar-refractivity contribution >= 4 is 28.3 Å². The van der Waals surface area contributed by atoms with Crippen LogP contribution in [0.15, 0.2) is 12.1 Å². The quantitative estimate of drug-likeness (QED) is 0.847. The maximum absolute atomic E-state index is 5.84. The van der Waals surface area contributed by atoms with Gasteiger partial charge in [0, 0.05) is 11.5 Å². The molecule has 2 N–H and O–H groups in total. The summed E-state index contributed by atoms with van der Waals surface area (Å²) in [7, 11) is 3.13. The summed E-state index contributed by atoms with van der Waals surface area (Å²) in [6.45, 7) is 0. The van der Waals surface area contributed by atoms with E-state index in [1.807, 2.05) is 0 Å². The summed E-state index contributed by atoms with van der Waals surface area (Å²) < 4.78 is 10.4. The normalized spacial score (nSPS) is 10.5. The lowest BCUT2D eigenvalue weighted by molar-refractivity contribution is 0.356. The minimum absolute atomic E-state index is 0.217. The van der Waals surface area contributed by atoms with E-state index in [0.717, 1.165) is 5.39 Å². The lowest BCUT2D eigenvalue weighted by atomic mass is 10.2. The molecule has 1 aromatic heterocycles. The maximum Gasteiger partial charge on any atom is 0.162 e. The molecule has 0 aliphatic rings. The first-order valence-corrected chi connectivity index (χ1v) is 5.47. The number of methoxy groups -OCH3 is 2. The van der Waals surface area contributed by atoms with Gasteiger partial charge in [0.1, 0.15) is 11.6 Å². The monoisotopic (exact) mass is 253 g/mol. The Hall–Kier alpha value is -1.75. The molecule has 6 heteroatoms. The Morgan fingerprint density at radius 1 is 1.18 bits per heavy atom. The number of hydrogen-bond donors (Lipinski definition) is 1. The SMILES string of the molecule is COc1cc2nc(CCl)nc(N)c2cc1OC. The van der Waals surface area contributed by atoms with E-state index >= 15 is 0 Å². The Balaban J connectivity index is 2.73. The first-order valence-electron chi connectivity index (χ1n) is 4.93. The fourth-order valence-electron chi connectivity index (χ4n) is 1.59. The molecule has 0 saturated carbocycles. The number of fused-ring (bicyclic) bond motifs is 1. The molecule has 0 unspecified atom stereocenters. The number of aromatic nitrogens is 2. The molecule has 0 radical (unpaired) electrons. The fraction of sp³-hybridized carbons (Fsp3) is 0.273. The standard InChI is InChI=1S/C11H12ClN3O2/c1-16-8-3-6-7(4-9(8)17-2)14-10(5-12)15-11(6)13/h3-4H,5H2,1-2H3,(H2,13,14,15). The zero-order valence-electron chi connectivity index (χ0n) is 9.53. The smallest absolute Gasteiger partial charge is 0.162 e. The van der Waals surface area contributed by atoms with E-state index in [0.29, 0.717) is 28.7 Å². The maximum atomic E-state index is 5.84. The molecule has 0 atom stereocenters. The van der Waals surface area contributed by atoms with Crippen LogP contribution < -0.4 is 15.2 Å². The van der Waals surface area contributed by atoms with Gasteiger partial charge in [-0.2, -0.15) is 0 Å². The summed E-state index contributed by atoms with van der Waals surface area (Å²) in [6, 6.07) is 3.50. The number of benzene rings is 1. The van der Waals surface area contributed by atoms with Crippen LogP contribution in [0.3, 0.4) is 0 Å². The zero-order chi connectivity index (χ0) is 12.4. The molecule has 0 fully saturated rings. The predicted molar refractivity (Wildman–Crippen MR) is 66.6 cm³/mol. The zero-order valence-corrected chi connectivity index (χ0v) is 10.3. The number of hydrogen-bond acceptors (Lipinski definition) is 5. The first kappa shape index (κ1) is 11.7. The second kappa shape index (κ2) is 4.63. The Morgan fingerprint density at radius 2 is 1.82 bits per heavy atom. The van der Waals surface area contributed by atoms with E-state index in [4.69, 9.17) is 26.8 Å². The van der Waals surface area contributed by atoms with Gasteiger partial charge < -0.3 is 15.2 Å². The van der Waals surface area contributed by atoms with Crippen molar-refractivity contribution in [2.24, 2.45) is 0 Å². The van der Waals surface area contributed by atoms with Gasteiger partial charge in [-0.15, -0.1) is 11.6 Å². The lowest BCUT2D eigenvalue weighted by Gasteiger charge is -2.10. The lowest BCUT2D eigenvalue weighted by Crippen LogP contribution is -2.00. The van der Waals surface area contributed by atoms with Gasteiger partial charge in [-0.25, -0.2) is 9.97 Å². The van der Waals surface area contributed by atoms with E-state index < -0.39 is 0 Å². The van der Waals surface area contributed by atoms with E-state index in [-0.39, 0.29) is 5.88 Å². The van der Waals surface area contributed by atoms with Crippen molar-refractivity contribution in [3.05, 3.63) is 18.0 Å². The first-order chi connectivity index (χ1) is 8.19. The highest BCUT2D eigenvalue weighted by molar-refractivity contribution is 6.16. The molecule has 90 valence electrons. The van der Waals surface area contributed by atoms with Gasteiger partial charge in [0.25, 0.3) is 0 Å². The van der Waals surface area contributed by atoms with Gasteiger partial charge in [0.15, 0.2) is 11.5 Å². The second-order valence-electron chi connectivity index (χ2n) is 3.38. The molecule has 0 saturated heterocycles. The highest BCUT2D eigenvalue weighted by Crippen LogP contribution is 2.33. The van der Waals surface area contributed by atoms with Gasteiger partial charge in [-0.1, -0.05) is 0 Å². The number of alkyl halides is 1. The van der Waals surface area contributed by atoms with Gasteiger partial charge in [-0.05, 0) is 6.07 Å². The van der Waals surface area contributed by atoms with Crippen LogP contribution in [0.25, 0.3) is 10.9 Å². The molecule has 17 heavy (non-hydrogen) atoms.